The topological polar surface area (TPSA) is 76.4 Å². The predicted octanol–water partition coefficient (Wildman–Crippen LogP) is 2.61. The molecule has 1 heterocycles. The molecule has 1 aromatic rings. The van der Waals surface area contributed by atoms with E-state index in [1.165, 1.54) is 18.6 Å². The lowest BCUT2D eigenvalue weighted by atomic mass is 10.0. The first-order valence-corrected chi connectivity index (χ1v) is 7.08. The maximum Gasteiger partial charge on any atom is 0.267 e. The number of likely N-dealkylation sites (tertiary alicyclic amines) is 1. The Balaban J connectivity index is 2.07. The first-order chi connectivity index (χ1) is 10.1. The van der Waals surface area contributed by atoms with Gasteiger partial charge >= 0.3 is 0 Å². The molecule has 5 heteroatoms. The van der Waals surface area contributed by atoms with Crippen molar-refractivity contribution in [3.05, 3.63) is 36.0 Å². The van der Waals surface area contributed by atoms with Crippen molar-refractivity contribution in [2.45, 2.75) is 32.2 Å². The molecule has 1 atom stereocenters. The zero-order valence-electron chi connectivity index (χ0n) is 12.0. The van der Waals surface area contributed by atoms with Crippen LogP contribution in [0.4, 0.5) is 5.69 Å². The Labute approximate surface area is 124 Å². The molecule has 2 N–H and O–H groups in total. The van der Waals surface area contributed by atoms with Crippen molar-refractivity contribution in [1.29, 1.82) is 5.26 Å². The fourth-order valence-corrected chi connectivity index (χ4v) is 2.36. The average Bonchev–Trinajstić information content (AvgIpc) is 2.48. The van der Waals surface area contributed by atoms with Crippen molar-refractivity contribution >= 4 is 11.6 Å². The molecule has 0 aliphatic carbocycles. The Kier molecular flexibility index (Phi) is 4.83. The Hall–Kier alpha value is -2.48. The zero-order chi connectivity index (χ0) is 15.2. The standard InChI is InChI=1S/C16H19N3O2/c1-12-4-2-3-9-19(12)11-13(10-17)16(21)18-14-5-7-15(20)8-6-14/h5-8,11-12,20H,2-4,9H2,1H3,(H,18,21)/b13-11-. The molecule has 5 nitrogen and oxygen atoms in total. The van der Waals surface area contributed by atoms with E-state index in [0.717, 1.165) is 19.4 Å². The number of phenolic OH excluding ortho intramolecular Hbond substituents is 1. The fraction of sp³-hybridized carbons (Fsp3) is 0.375. The lowest BCUT2D eigenvalue weighted by Gasteiger charge is -2.32. The van der Waals surface area contributed by atoms with Gasteiger partial charge in [-0.3, -0.25) is 4.79 Å². The van der Waals surface area contributed by atoms with Gasteiger partial charge < -0.3 is 15.3 Å². The van der Waals surface area contributed by atoms with Crippen LogP contribution < -0.4 is 5.32 Å². The third-order valence-electron chi connectivity index (χ3n) is 3.64. The van der Waals surface area contributed by atoms with Gasteiger partial charge in [-0.2, -0.15) is 5.26 Å². The first-order valence-electron chi connectivity index (χ1n) is 7.08. The smallest absolute Gasteiger partial charge is 0.267 e. The Morgan fingerprint density at radius 2 is 2.14 bits per heavy atom. The second-order valence-electron chi connectivity index (χ2n) is 5.24. The Morgan fingerprint density at radius 3 is 2.76 bits per heavy atom. The summed E-state index contributed by atoms with van der Waals surface area (Å²) >= 11 is 0. The van der Waals surface area contributed by atoms with Gasteiger partial charge in [0.05, 0.1) is 0 Å². The number of hydrogen-bond acceptors (Lipinski definition) is 4. The summed E-state index contributed by atoms with van der Waals surface area (Å²) in [4.78, 5) is 14.2. The number of aromatic hydroxyl groups is 1. The van der Waals surface area contributed by atoms with Gasteiger partial charge in [-0.05, 0) is 50.5 Å². The molecule has 1 amide bonds. The molecule has 0 aromatic heterocycles. The molecular formula is C16H19N3O2. The van der Waals surface area contributed by atoms with E-state index in [4.69, 9.17) is 0 Å². The minimum Gasteiger partial charge on any atom is -0.508 e. The Bertz CT molecular complexity index is 572. The number of nitrogens with one attached hydrogen (secondary N) is 1. The molecule has 110 valence electrons. The van der Waals surface area contributed by atoms with E-state index >= 15 is 0 Å². The number of anilines is 1. The highest BCUT2D eigenvalue weighted by Gasteiger charge is 2.18. The SMILES string of the molecule is CC1CCCCN1/C=C(/C#N)C(=O)Nc1ccc(O)cc1. The molecule has 1 aromatic carbocycles. The van der Waals surface area contributed by atoms with Crippen LogP contribution in [0.2, 0.25) is 0 Å². The van der Waals surface area contributed by atoms with E-state index in [0.29, 0.717) is 11.7 Å². The van der Waals surface area contributed by atoms with E-state index < -0.39 is 5.91 Å². The number of phenols is 1. The second kappa shape index (κ2) is 6.80. The molecule has 0 bridgehead atoms. The molecule has 21 heavy (non-hydrogen) atoms. The van der Waals surface area contributed by atoms with Gasteiger partial charge in [0.25, 0.3) is 5.91 Å². The van der Waals surface area contributed by atoms with Crippen molar-refractivity contribution in [1.82, 2.24) is 4.90 Å². The predicted molar refractivity (Wildman–Crippen MR) is 80.5 cm³/mol. The molecular weight excluding hydrogens is 266 g/mol. The summed E-state index contributed by atoms with van der Waals surface area (Å²) in [6.45, 7) is 2.97. The van der Waals surface area contributed by atoms with Crippen molar-refractivity contribution in [2.24, 2.45) is 0 Å². The summed E-state index contributed by atoms with van der Waals surface area (Å²) < 4.78 is 0. The third-order valence-corrected chi connectivity index (χ3v) is 3.64. The molecule has 1 aliphatic rings. The van der Waals surface area contributed by atoms with Crippen LogP contribution in [-0.4, -0.2) is 28.5 Å². The molecule has 2 rings (SSSR count). The summed E-state index contributed by atoms with van der Waals surface area (Å²) in [5.41, 5.74) is 0.641. The number of nitriles is 1. The van der Waals surface area contributed by atoms with Crippen molar-refractivity contribution < 1.29 is 9.90 Å². The maximum atomic E-state index is 12.1. The summed E-state index contributed by atoms with van der Waals surface area (Å²) in [6.07, 6.45) is 5.00. The summed E-state index contributed by atoms with van der Waals surface area (Å²) in [5, 5.41) is 21.1. The van der Waals surface area contributed by atoms with Crippen LogP contribution in [0.25, 0.3) is 0 Å². The fourth-order valence-electron chi connectivity index (χ4n) is 2.36. The van der Waals surface area contributed by atoms with Crippen LogP contribution in [0.1, 0.15) is 26.2 Å². The second-order valence-corrected chi connectivity index (χ2v) is 5.24. The van der Waals surface area contributed by atoms with Crippen LogP contribution in [0.5, 0.6) is 5.75 Å². The monoisotopic (exact) mass is 285 g/mol. The summed E-state index contributed by atoms with van der Waals surface area (Å²) in [6, 6.07) is 8.46. The molecule has 0 saturated carbocycles. The van der Waals surface area contributed by atoms with Crippen LogP contribution in [0, 0.1) is 11.3 Å². The number of piperidine rings is 1. The van der Waals surface area contributed by atoms with Gasteiger partial charge in [-0.25, -0.2) is 0 Å². The van der Waals surface area contributed by atoms with Crippen LogP contribution in [0.15, 0.2) is 36.0 Å². The quantitative estimate of drug-likeness (QED) is 0.508. The van der Waals surface area contributed by atoms with Gasteiger partial charge in [0.2, 0.25) is 0 Å². The van der Waals surface area contributed by atoms with E-state index in [1.54, 1.807) is 18.3 Å². The number of carbonyl (C=O) groups is 1. The molecule has 1 fully saturated rings. The minimum atomic E-state index is -0.430. The summed E-state index contributed by atoms with van der Waals surface area (Å²) in [7, 11) is 0. The van der Waals surface area contributed by atoms with E-state index in [9.17, 15) is 15.2 Å². The molecule has 1 unspecified atom stereocenters. The van der Waals surface area contributed by atoms with Gasteiger partial charge in [0.1, 0.15) is 17.4 Å². The van der Waals surface area contributed by atoms with Gasteiger partial charge in [-0.1, -0.05) is 0 Å². The van der Waals surface area contributed by atoms with Crippen LogP contribution in [-0.2, 0) is 4.79 Å². The number of rotatable bonds is 3. The number of amides is 1. The highest BCUT2D eigenvalue weighted by Crippen LogP contribution is 2.18. The molecule has 1 aliphatic heterocycles. The van der Waals surface area contributed by atoms with E-state index in [2.05, 4.69) is 17.1 Å². The molecule has 1 saturated heterocycles. The first kappa shape index (κ1) is 14.9. The van der Waals surface area contributed by atoms with Gasteiger partial charge in [-0.15, -0.1) is 0 Å². The summed E-state index contributed by atoms with van der Waals surface area (Å²) in [5.74, 6) is -0.299. The van der Waals surface area contributed by atoms with Crippen LogP contribution in [0.3, 0.4) is 0 Å². The largest absolute Gasteiger partial charge is 0.508 e. The highest BCUT2D eigenvalue weighted by atomic mass is 16.3. The molecule has 0 spiro atoms. The van der Waals surface area contributed by atoms with Crippen molar-refractivity contribution in [2.75, 3.05) is 11.9 Å². The van der Waals surface area contributed by atoms with Crippen molar-refractivity contribution in [3.63, 3.8) is 0 Å². The lowest BCUT2D eigenvalue weighted by Crippen LogP contribution is -2.34. The number of benzene rings is 1. The highest BCUT2D eigenvalue weighted by molar-refractivity contribution is 6.06. The minimum absolute atomic E-state index is 0.0943. The number of hydrogen-bond donors (Lipinski definition) is 2. The van der Waals surface area contributed by atoms with Gasteiger partial charge in [0.15, 0.2) is 0 Å². The average molecular weight is 285 g/mol. The normalized spacial score (nSPS) is 19.0. The molecule has 0 radical (unpaired) electrons. The lowest BCUT2D eigenvalue weighted by molar-refractivity contribution is -0.112. The number of carbonyl (C=O) groups excluding carboxylic acids is 1. The Morgan fingerprint density at radius 1 is 1.43 bits per heavy atom. The van der Waals surface area contributed by atoms with E-state index in [-0.39, 0.29) is 11.3 Å². The van der Waals surface area contributed by atoms with Crippen LogP contribution >= 0.6 is 0 Å². The maximum absolute atomic E-state index is 12.1. The van der Waals surface area contributed by atoms with Gasteiger partial charge in [0, 0.05) is 24.5 Å². The third kappa shape index (κ3) is 3.99. The van der Waals surface area contributed by atoms with E-state index in [1.807, 2.05) is 6.07 Å². The number of nitrogens with zero attached hydrogens (tertiary/aromatic N) is 2. The zero-order valence-corrected chi connectivity index (χ0v) is 12.0. The van der Waals surface area contributed by atoms with Crippen molar-refractivity contribution in [3.8, 4) is 11.8 Å².